The van der Waals surface area contributed by atoms with Crippen molar-refractivity contribution in [3.8, 4) is 17.2 Å². The average molecular weight is 674 g/mol. The van der Waals surface area contributed by atoms with Gasteiger partial charge in [0.25, 0.3) is 0 Å². The summed E-state index contributed by atoms with van der Waals surface area (Å²) in [6.45, 7) is 2.86. The smallest absolute Gasteiger partial charge is 0.172 e. The fraction of sp³-hybridized carbons (Fsp3) is 0.432. The highest BCUT2D eigenvalue weighted by Crippen LogP contribution is 2.39. The highest BCUT2D eigenvalue weighted by molar-refractivity contribution is 5.87. The lowest BCUT2D eigenvalue weighted by molar-refractivity contribution is -0.167. The SMILES string of the molecule is COc1ccc(NN)cc1.COc1ccc(NN=C2CCC3(CC2)OCCO3)cc1.COc1ccc2[nH]c3c(c2c1)CC1(CC3)OCCO1. The Hall–Kier alpha value is -4.33. The number of aromatic amines is 1. The van der Waals surface area contributed by atoms with Gasteiger partial charge in [0.1, 0.15) is 17.2 Å². The Morgan fingerprint density at radius 3 is 1.78 bits per heavy atom. The fourth-order valence-corrected chi connectivity index (χ4v) is 6.55. The van der Waals surface area contributed by atoms with E-state index < -0.39 is 0 Å². The van der Waals surface area contributed by atoms with Gasteiger partial charge in [0.15, 0.2) is 11.6 Å². The summed E-state index contributed by atoms with van der Waals surface area (Å²) in [7, 11) is 4.99. The molecule has 3 aromatic carbocycles. The molecule has 5 N–H and O–H groups in total. The lowest BCUT2D eigenvalue weighted by atomic mass is 9.90. The van der Waals surface area contributed by atoms with E-state index in [4.69, 9.17) is 39.0 Å². The molecule has 4 aromatic rings. The first-order chi connectivity index (χ1) is 24.0. The van der Waals surface area contributed by atoms with Gasteiger partial charge in [0, 0.05) is 53.7 Å². The Bertz CT molecular complexity index is 1640. The number of nitrogens with one attached hydrogen (secondary N) is 3. The molecule has 1 saturated carbocycles. The molecule has 2 aliphatic heterocycles. The van der Waals surface area contributed by atoms with Crippen molar-refractivity contribution in [1.29, 1.82) is 0 Å². The topological polar surface area (TPSA) is 143 Å². The molecule has 3 fully saturated rings. The number of hydrazine groups is 1. The van der Waals surface area contributed by atoms with Crippen molar-refractivity contribution in [1.82, 2.24) is 4.98 Å². The minimum atomic E-state index is -0.384. The molecule has 0 unspecified atom stereocenters. The summed E-state index contributed by atoms with van der Waals surface area (Å²) in [6.07, 6.45) is 6.38. The molecule has 0 atom stereocenters. The molecule has 262 valence electrons. The number of nitrogen functional groups attached to an aromatic ring is 1. The molecule has 2 saturated heterocycles. The third-order valence-corrected chi connectivity index (χ3v) is 9.31. The molecule has 0 bridgehead atoms. The van der Waals surface area contributed by atoms with E-state index in [0.29, 0.717) is 13.2 Å². The van der Waals surface area contributed by atoms with Crippen molar-refractivity contribution in [3.63, 3.8) is 0 Å². The molecule has 12 heteroatoms. The third kappa shape index (κ3) is 8.46. The van der Waals surface area contributed by atoms with Crippen LogP contribution in [0.3, 0.4) is 0 Å². The Morgan fingerprint density at radius 2 is 1.20 bits per heavy atom. The highest BCUT2D eigenvalue weighted by Gasteiger charge is 2.41. The maximum absolute atomic E-state index is 5.85. The van der Waals surface area contributed by atoms with Crippen molar-refractivity contribution in [2.24, 2.45) is 10.9 Å². The first kappa shape index (κ1) is 34.5. The van der Waals surface area contributed by atoms with E-state index in [1.807, 2.05) is 54.6 Å². The minimum Gasteiger partial charge on any atom is -0.497 e. The summed E-state index contributed by atoms with van der Waals surface area (Å²) < 4.78 is 38.5. The summed E-state index contributed by atoms with van der Waals surface area (Å²) in [5.41, 5.74) is 12.4. The first-order valence-electron chi connectivity index (χ1n) is 16.8. The molecule has 8 rings (SSSR count). The van der Waals surface area contributed by atoms with Gasteiger partial charge in [-0.05, 0) is 91.6 Å². The Balaban J connectivity index is 0.000000135. The van der Waals surface area contributed by atoms with Crippen LogP contribution in [0, 0.1) is 0 Å². The number of aryl methyl sites for hydroxylation is 1. The van der Waals surface area contributed by atoms with E-state index in [9.17, 15) is 0 Å². The lowest BCUT2D eigenvalue weighted by Gasteiger charge is -2.31. The molecule has 0 radical (unpaired) electrons. The molecular weight excluding hydrogens is 626 g/mol. The number of nitrogens with two attached hydrogens (primary N) is 1. The predicted molar refractivity (Wildman–Crippen MR) is 189 cm³/mol. The predicted octanol–water partition coefficient (Wildman–Crippen LogP) is 6.17. The van der Waals surface area contributed by atoms with Gasteiger partial charge in [0.2, 0.25) is 0 Å². The van der Waals surface area contributed by atoms with Crippen molar-refractivity contribution in [2.75, 3.05) is 58.6 Å². The summed E-state index contributed by atoms with van der Waals surface area (Å²) >= 11 is 0. The summed E-state index contributed by atoms with van der Waals surface area (Å²) in [5, 5.41) is 5.71. The number of hydrogen-bond donors (Lipinski definition) is 4. The van der Waals surface area contributed by atoms with Crippen LogP contribution in [-0.2, 0) is 31.8 Å². The van der Waals surface area contributed by atoms with E-state index in [1.54, 1.807) is 21.3 Å². The van der Waals surface area contributed by atoms with Crippen LogP contribution in [0.25, 0.3) is 10.9 Å². The van der Waals surface area contributed by atoms with Gasteiger partial charge in [-0.2, -0.15) is 5.10 Å². The second-order valence-electron chi connectivity index (χ2n) is 12.3. The number of anilines is 2. The first-order valence-corrected chi connectivity index (χ1v) is 16.8. The van der Waals surface area contributed by atoms with Crippen LogP contribution >= 0.6 is 0 Å². The van der Waals surface area contributed by atoms with Gasteiger partial charge in [-0.15, -0.1) is 0 Å². The van der Waals surface area contributed by atoms with Crippen molar-refractivity contribution < 1.29 is 33.2 Å². The van der Waals surface area contributed by atoms with Gasteiger partial charge >= 0.3 is 0 Å². The van der Waals surface area contributed by atoms with Crippen molar-refractivity contribution >= 4 is 28.0 Å². The van der Waals surface area contributed by atoms with Gasteiger partial charge in [-0.3, -0.25) is 11.3 Å². The Labute approximate surface area is 287 Å². The molecule has 3 heterocycles. The molecule has 4 aliphatic rings. The van der Waals surface area contributed by atoms with Gasteiger partial charge in [-0.1, -0.05) is 0 Å². The van der Waals surface area contributed by atoms with Crippen LogP contribution in [0.15, 0.2) is 71.8 Å². The zero-order valence-corrected chi connectivity index (χ0v) is 28.5. The van der Waals surface area contributed by atoms with Crippen LogP contribution in [0.1, 0.15) is 43.4 Å². The number of H-pyrrole nitrogens is 1. The average Bonchev–Trinajstić information content (AvgIpc) is 3.91. The third-order valence-electron chi connectivity index (χ3n) is 9.31. The zero-order chi connectivity index (χ0) is 34.1. The zero-order valence-electron chi connectivity index (χ0n) is 28.5. The van der Waals surface area contributed by atoms with Gasteiger partial charge in [0.05, 0.1) is 53.4 Å². The number of methoxy groups -OCH3 is 3. The lowest BCUT2D eigenvalue weighted by Crippen LogP contribution is -2.36. The number of nitrogens with zero attached hydrogens (tertiary/aromatic N) is 1. The summed E-state index contributed by atoms with van der Waals surface area (Å²) in [4.78, 5) is 3.51. The maximum Gasteiger partial charge on any atom is 0.172 e. The summed E-state index contributed by atoms with van der Waals surface area (Å²) in [5.74, 6) is 7.02. The number of rotatable bonds is 6. The van der Waals surface area contributed by atoms with Crippen LogP contribution in [0.2, 0.25) is 0 Å². The second kappa shape index (κ2) is 15.9. The standard InChI is InChI=1S/C15H20N2O3.C15H17NO3.C7H10N2O/c1-18-14-4-2-12(3-5-14)16-17-13-6-8-15(9-7-13)19-10-11-20-15;1-17-10-2-3-13-11(8-10)12-9-15(18-6-7-19-15)5-4-14(12)16-13;1-10-7-4-2-6(9-8)3-5-7/h2-5,16H,6-11H2,1H3;2-3,8,16H,4-7,9H2,1H3;2-5,9H,8H2,1H3. The van der Waals surface area contributed by atoms with Crippen molar-refractivity contribution in [3.05, 3.63) is 78.0 Å². The van der Waals surface area contributed by atoms with Gasteiger partial charge < -0.3 is 43.6 Å². The second-order valence-corrected chi connectivity index (χ2v) is 12.3. The quantitative estimate of drug-likeness (QED) is 0.139. The number of ether oxygens (including phenoxy) is 7. The van der Waals surface area contributed by atoms with Crippen LogP contribution in [0.5, 0.6) is 17.2 Å². The van der Waals surface area contributed by atoms with Crippen LogP contribution < -0.4 is 30.9 Å². The minimum absolute atomic E-state index is 0.320. The normalized spacial score (nSPS) is 18.5. The molecular formula is C37H47N5O7. The number of hydrogen-bond acceptors (Lipinski definition) is 11. The molecule has 12 nitrogen and oxygen atoms in total. The van der Waals surface area contributed by atoms with Crippen LogP contribution in [-0.4, -0.2) is 70.0 Å². The molecule has 2 aliphatic carbocycles. The Kier molecular flexibility index (Phi) is 11.2. The number of aromatic nitrogens is 1. The monoisotopic (exact) mass is 673 g/mol. The molecule has 0 amide bonds. The molecule has 49 heavy (non-hydrogen) atoms. The number of fused-ring (bicyclic) bond motifs is 3. The van der Waals surface area contributed by atoms with E-state index in [2.05, 4.69) is 33.1 Å². The Morgan fingerprint density at radius 1 is 0.673 bits per heavy atom. The van der Waals surface area contributed by atoms with Gasteiger partial charge in [-0.25, -0.2) is 0 Å². The van der Waals surface area contributed by atoms with E-state index in [0.717, 1.165) is 86.8 Å². The van der Waals surface area contributed by atoms with Crippen molar-refractivity contribution in [2.45, 2.75) is 56.5 Å². The molecule has 2 spiro atoms. The number of hydrazone groups is 1. The maximum atomic E-state index is 5.85. The highest BCUT2D eigenvalue weighted by atomic mass is 16.7. The van der Waals surface area contributed by atoms with E-state index >= 15 is 0 Å². The van der Waals surface area contributed by atoms with Crippen LogP contribution in [0.4, 0.5) is 11.4 Å². The summed E-state index contributed by atoms with van der Waals surface area (Å²) in [6, 6.07) is 21.3. The van der Waals surface area contributed by atoms with E-state index in [1.165, 1.54) is 27.9 Å². The largest absolute Gasteiger partial charge is 0.497 e. The van der Waals surface area contributed by atoms with E-state index in [-0.39, 0.29) is 11.6 Å². The number of benzene rings is 3. The molecule has 1 aromatic heterocycles. The fourth-order valence-electron chi connectivity index (χ4n) is 6.55.